The fourth-order valence-electron chi connectivity index (χ4n) is 1.48. The monoisotopic (exact) mass is 400 g/mol. The number of nitrogens with one attached hydrogen (secondary N) is 1. The smallest absolute Gasteiger partial charge is 0.266 e. The number of anilines is 1. The van der Waals surface area contributed by atoms with Crippen molar-refractivity contribution in [1.82, 2.24) is 0 Å². The summed E-state index contributed by atoms with van der Waals surface area (Å²) in [6.07, 6.45) is 1.52. The van der Waals surface area contributed by atoms with Gasteiger partial charge in [-0.25, -0.2) is 0 Å². The van der Waals surface area contributed by atoms with Gasteiger partial charge in [0, 0.05) is 14.7 Å². The summed E-state index contributed by atoms with van der Waals surface area (Å²) in [5, 5.41) is 14.1. The van der Waals surface area contributed by atoms with Crippen LogP contribution in [0.2, 0.25) is 10.0 Å². The molecule has 1 aromatic carbocycles. The van der Waals surface area contributed by atoms with Crippen LogP contribution in [0, 0.1) is 11.3 Å². The third-order valence-electron chi connectivity index (χ3n) is 2.44. The summed E-state index contributed by atoms with van der Waals surface area (Å²) in [5.41, 5.74) is 0.350. The molecule has 21 heavy (non-hydrogen) atoms. The van der Waals surface area contributed by atoms with Crippen LogP contribution in [-0.4, -0.2) is 5.91 Å². The van der Waals surface area contributed by atoms with Crippen LogP contribution in [-0.2, 0) is 4.79 Å². The Kier molecular flexibility index (Phi) is 5.43. The lowest BCUT2D eigenvalue weighted by Crippen LogP contribution is -2.13. The minimum Gasteiger partial charge on any atom is -0.320 e. The molecule has 0 bridgehead atoms. The molecule has 0 fully saturated rings. The zero-order valence-electron chi connectivity index (χ0n) is 10.4. The van der Waals surface area contributed by atoms with Gasteiger partial charge in [0.1, 0.15) is 11.6 Å². The molecule has 1 amide bonds. The van der Waals surface area contributed by atoms with E-state index in [9.17, 15) is 4.79 Å². The number of hydrogen-bond acceptors (Lipinski definition) is 3. The van der Waals surface area contributed by atoms with E-state index < -0.39 is 5.91 Å². The molecule has 7 heteroatoms. The van der Waals surface area contributed by atoms with Crippen LogP contribution in [0.1, 0.15) is 4.88 Å². The number of nitriles is 1. The fourth-order valence-corrected chi connectivity index (χ4v) is 3.21. The molecule has 0 aliphatic rings. The number of rotatable bonds is 3. The van der Waals surface area contributed by atoms with Gasteiger partial charge in [-0.05, 0) is 40.2 Å². The van der Waals surface area contributed by atoms with E-state index in [0.29, 0.717) is 10.7 Å². The van der Waals surface area contributed by atoms with Crippen molar-refractivity contribution in [1.29, 1.82) is 5.26 Å². The largest absolute Gasteiger partial charge is 0.320 e. The second-order valence-electron chi connectivity index (χ2n) is 3.89. The molecule has 0 saturated carbocycles. The maximum Gasteiger partial charge on any atom is 0.266 e. The summed E-state index contributed by atoms with van der Waals surface area (Å²) < 4.78 is 0.898. The summed E-state index contributed by atoms with van der Waals surface area (Å²) >= 11 is 16.6. The first-order valence-corrected chi connectivity index (χ1v) is 8.05. The van der Waals surface area contributed by atoms with Gasteiger partial charge in [-0.2, -0.15) is 5.26 Å². The Labute approximate surface area is 143 Å². The molecule has 1 N–H and O–H groups in total. The molecular formula is C14H7BrCl2N2OS. The topological polar surface area (TPSA) is 52.9 Å². The van der Waals surface area contributed by atoms with E-state index in [1.807, 2.05) is 17.5 Å². The highest BCUT2D eigenvalue weighted by Crippen LogP contribution is 2.30. The summed E-state index contributed by atoms with van der Waals surface area (Å²) in [5.74, 6) is -0.536. The molecule has 2 rings (SSSR count). The lowest BCUT2D eigenvalue weighted by Gasteiger charge is -2.07. The highest BCUT2D eigenvalue weighted by molar-refractivity contribution is 9.10. The number of carbonyl (C=O) groups excluding carboxylic acids is 1. The highest BCUT2D eigenvalue weighted by Gasteiger charge is 2.13. The summed E-state index contributed by atoms with van der Waals surface area (Å²) in [6.45, 7) is 0. The van der Waals surface area contributed by atoms with Crippen molar-refractivity contribution in [2.45, 2.75) is 0 Å². The lowest BCUT2D eigenvalue weighted by atomic mass is 10.2. The van der Waals surface area contributed by atoms with Crippen LogP contribution in [0.4, 0.5) is 5.69 Å². The van der Waals surface area contributed by atoms with Gasteiger partial charge in [0.2, 0.25) is 0 Å². The molecule has 0 unspecified atom stereocenters. The number of benzene rings is 1. The number of nitrogens with zero attached hydrogens (tertiary/aromatic N) is 1. The van der Waals surface area contributed by atoms with E-state index in [1.54, 1.807) is 18.2 Å². The van der Waals surface area contributed by atoms with E-state index in [1.165, 1.54) is 17.4 Å². The number of amides is 1. The standard InChI is InChI=1S/C14H7BrCl2N2OS/c15-9-5-10(21-7-9)4-8(6-18)14(20)19-12-3-1-2-11(16)13(12)17/h1-5,7H,(H,19,20)/b8-4+. The summed E-state index contributed by atoms with van der Waals surface area (Å²) in [7, 11) is 0. The van der Waals surface area contributed by atoms with Crippen molar-refractivity contribution in [2.75, 3.05) is 5.32 Å². The fraction of sp³-hybridized carbons (Fsp3) is 0. The van der Waals surface area contributed by atoms with Crippen LogP contribution in [0.3, 0.4) is 0 Å². The predicted octanol–water partition coefficient (Wildman–Crippen LogP) is 5.36. The molecule has 0 atom stereocenters. The zero-order chi connectivity index (χ0) is 15.4. The number of carbonyl (C=O) groups is 1. The summed E-state index contributed by atoms with van der Waals surface area (Å²) in [4.78, 5) is 12.9. The van der Waals surface area contributed by atoms with Crippen LogP contribution < -0.4 is 5.32 Å². The van der Waals surface area contributed by atoms with Gasteiger partial charge in [-0.1, -0.05) is 29.3 Å². The van der Waals surface area contributed by atoms with Crippen LogP contribution in [0.15, 0.2) is 39.7 Å². The molecule has 0 aliphatic heterocycles. The van der Waals surface area contributed by atoms with Gasteiger partial charge in [0.05, 0.1) is 15.7 Å². The minimum absolute atomic E-state index is 0.0135. The van der Waals surface area contributed by atoms with Crippen LogP contribution in [0.5, 0.6) is 0 Å². The molecular weight excluding hydrogens is 395 g/mol. The first kappa shape index (κ1) is 16.1. The maximum absolute atomic E-state index is 12.1. The lowest BCUT2D eigenvalue weighted by molar-refractivity contribution is -0.112. The van der Waals surface area contributed by atoms with Gasteiger partial charge < -0.3 is 5.32 Å². The molecule has 0 aliphatic carbocycles. The Morgan fingerprint density at radius 1 is 1.43 bits per heavy atom. The van der Waals surface area contributed by atoms with E-state index in [4.69, 9.17) is 28.5 Å². The Morgan fingerprint density at radius 3 is 2.81 bits per heavy atom. The average molecular weight is 402 g/mol. The third-order valence-corrected chi connectivity index (χ3v) is 4.90. The Morgan fingerprint density at radius 2 is 2.19 bits per heavy atom. The molecule has 0 radical (unpaired) electrons. The van der Waals surface area contributed by atoms with Gasteiger partial charge in [-0.3, -0.25) is 4.79 Å². The molecule has 0 saturated heterocycles. The van der Waals surface area contributed by atoms with Gasteiger partial charge in [-0.15, -0.1) is 11.3 Å². The Hall–Kier alpha value is -1.32. The van der Waals surface area contributed by atoms with Crippen molar-refractivity contribution < 1.29 is 4.79 Å². The highest BCUT2D eigenvalue weighted by atomic mass is 79.9. The van der Waals surface area contributed by atoms with E-state index in [2.05, 4.69) is 21.2 Å². The number of hydrogen-bond donors (Lipinski definition) is 1. The normalized spacial score (nSPS) is 11.0. The van der Waals surface area contributed by atoms with E-state index in [0.717, 1.165) is 9.35 Å². The Balaban J connectivity index is 2.24. The van der Waals surface area contributed by atoms with Gasteiger partial charge in [0.15, 0.2) is 0 Å². The van der Waals surface area contributed by atoms with Crippen molar-refractivity contribution in [2.24, 2.45) is 0 Å². The second-order valence-corrected chi connectivity index (χ2v) is 6.54. The van der Waals surface area contributed by atoms with Crippen molar-refractivity contribution in [3.05, 3.63) is 54.6 Å². The third kappa shape index (κ3) is 4.08. The average Bonchev–Trinajstić information content (AvgIpc) is 2.86. The molecule has 106 valence electrons. The maximum atomic E-state index is 12.1. The van der Waals surface area contributed by atoms with E-state index in [-0.39, 0.29) is 10.6 Å². The van der Waals surface area contributed by atoms with Crippen molar-refractivity contribution in [3.63, 3.8) is 0 Å². The minimum atomic E-state index is -0.536. The predicted molar refractivity (Wildman–Crippen MR) is 90.7 cm³/mol. The molecule has 1 aromatic heterocycles. The van der Waals surface area contributed by atoms with Gasteiger partial charge in [0.25, 0.3) is 5.91 Å². The second kappa shape index (κ2) is 7.10. The quantitative estimate of drug-likeness (QED) is 0.555. The molecule has 3 nitrogen and oxygen atoms in total. The number of thiophene rings is 1. The van der Waals surface area contributed by atoms with Crippen LogP contribution in [0.25, 0.3) is 6.08 Å². The van der Waals surface area contributed by atoms with Crippen molar-refractivity contribution in [3.8, 4) is 6.07 Å². The van der Waals surface area contributed by atoms with E-state index >= 15 is 0 Å². The number of halogens is 3. The first-order chi connectivity index (χ1) is 10.0. The summed E-state index contributed by atoms with van der Waals surface area (Å²) in [6, 6.07) is 8.59. The molecule has 0 spiro atoms. The van der Waals surface area contributed by atoms with Gasteiger partial charge >= 0.3 is 0 Å². The molecule has 2 aromatic rings. The zero-order valence-corrected chi connectivity index (χ0v) is 14.3. The van der Waals surface area contributed by atoms with Crippen molar-refractivity contribution >= 4 is 68.1 Å². The molecule has 1 heterocycles. The Bertz CT molecular complexity index is 765. The first-order valence-electron chi connectivity index (χ1n) is 5.62. The SMILES string of the molecule is N#C/C(=C\c1cc(Br)cs1)C(=O)Nc1cccc(Cl)c1Cl. The van der Waals surface area contributed by atoms with Crippen LogP contribution >= 0.6 is 50.5 Å².